The van der Waals surface area contributed by atoms with E-state index in [1.165, 1.54) is 0 Å². The molecule has 0 radical (unpaired) electrons. The summed E-state index contributed by atoms with van der Waals surface area (Å²) in [6, 6.07) is 0. The summed E-state index contributed by atoms with van der Waals surface area (Å²) in [5.41, 5.74) is 3.48. The predicted molar refractivity (Wildman–Crippen MR) is 73.8 cm³/mol. The number of amides is 1. The van der Waals surface area contributed by atoms with Crippen molar-refractivity contribution in [1.82, 2.24) is 15.3 Å². The Kier molecular flexibility index (Phi) is 4.16. The quantitative estimate of drug-likeness (QED) is 0.521. The highest BCUT2D eigenvalue weighted by atomic mass is 16.2. The van der Waals surface area contributed by atoms with Gasteiger partial charge in [0.05, 0.1) is 6.54 Å². The highest BCUT2D eigenvalue weighted by Gasteiger charge is 2.21. The monoisotopic (exact) mass is 264 g/mol. The first-order chi connectivity index (χ1) is 9.15. The SMILES string of the molecule is CCCc1nc(NN)c(C)c(N2CCNC(=O)C2)n1. The molecule has 104 valence electrons. The lowest BCUT2D eigenvalue weighted by Crippen LogP contribution is -2.48. The fourth-order valence-electron chi connectivity index (χ4n) is 2.15. The maximum atomic E-state index is 11.5. The Hall–Kier alpha value is -1.89. The Morgan fingerprint density at radius 2 is 2.26 bits per heavy atom. The second-order valence-corrected chi connectivity index (χ2v) is 4.60. The maximum Gasteiger partial charge on any atom is 0.239 e. The third kappa shape index (κ3) is 2.93. The molecule has 0 unspecified atom stereocenters. The van der Waals surface area contributed by atoms with Gasteiger partial charge in [-0.15, -0.1) is 0 Å². The molecule has 0 aliphatic carbocycles. The van der Waals surface area contributed by atoms with Gasteiger partial charge in [-0.3, -0.25) is 4.79 Å². The Balaban J connectivity index is 2.36. The van der Waals surface area contributed by atoms with Crippen LogP contribution < -0.4 is 21.5 Å². The largest absolute Gasteiger partial charge is 0.353 e. The van der Waals surface area contributed by atoms with Crippen LogP contribution in [0.1, 0.15) is 24.7 Å². The van der Waals surface area contributed by atoms with E-state index in [2.05, 4.69) is 27.6 Å². The standard InChI is InChI=1S/C12H20N6O/c1-3-4-9-15-11(17-13)8(2)12(16-9)18-6-5-14-10(19)7-18/h3-7,13H2,1-2H3,(H,14,19)(H,15,16,17). The van der Waals surface area contributed by atoms with Gasteiger partial charge in [0.1, 0.15) is 17.5 Å². The van der Waals surface area contributed by atoms with E-state index in [0.29, 0.717) is 18.9 Å². The minimum atomic E-state index is 0.0172. The zero-order valence-electron chi connectivity index (χ0n) is 11.4. The third-order valence-electron chi connectivity index (χ3n) is 3.11. The number of nitrogens with zero attached hydrogens (tertiary/aromatic N) is 3. The molecular formula is C12H20N6O. The number of nitrogens with two attached hydrogens (primary N) is 1. The molecule has 0 spiro atoms. The molecule has 1 aliphatic heterocycles. The van der Waals surface area contributed by atoms with E-state index in [1.807, 2.05) is 11.8 Å². The number of nitrogens with one attached hydrogen (secondary N) is 2. The van der Waals surface area contributed by atoms with E-state index in [0.717, 1.165) is 36.6 Å². The smallest absolute Gasteiger partial charge is 0.239 e. The van der Waals surface area contributed by atoms with E-state index in [4.69, 9.17) is 5.84 Å². The van der Waals surface area contributed by atoms with Gasteiger partial charge in [-0.1, -0.05) is 6.92 Å². The van der Waals surface area contributed by atoms with Gasteiger partial charge >= 0.3 is 0 Å². The fraction of sp³-hybridized carbons (Fsp3) is 0.583. The van der Waals surface area contributed by atoms with Gasteiger partial charge in [0.2, 0.25) is 5.91 Å². The molecule has 4 N–H and O–H groups in total. The Bertz CT molecular complexity index is 476. The lowest BCUT2D eigenvalue weighted by atomic mass is 10.2. The first kappa shape index (κ1) is 13.5. The summed E-state index contributed by atoms with van der Waals surface area (Å²) in [5, 5.41) is 2.81. The molecular weight excluding hydrogens is 244 g/mol. The summed E-state index contributed by atoms with van der Waals surface area (Å²) >= 11 is 0. The van der Waals surface area contributed by atoms with Crippen molar-refractivity contribution >= 4 is 17.5 Å². The second-order valence-electron chi connectivity index (χ2n) is 4.60. The third-order valence-corrected chi connectivity index (χ3v) is 3.11. The van der Waals surface area contributed by atoms with Gasteiger partial charge in [-0.25, -0.2) is 15.8 Å². The summed E-state index contributed by atoms with van der Waals surface area (Å²) < 4.78 is 0. The van der Waals surface area contributed by atoms with Gasteiger partial charge in [-0.2, -0.15) is 0 Å². The molecule has 1 aliphatic rings. The van der Waals surface area contributed by atoms with E-state index in [-0.39, 0.29) is 5.91 Å². The van der Waals surface area contributed by atoms with E-state index < -0.39 is 0 Å². The van der Waals surface area contributed by atoms with Crippen LogP contribution in [-0.4, -0.2) is 35.5 Å². The van der Waals surface area contributed by atoms with Crippen LogP contribution in [0.3, 0.4) is 0 Å². The van der Waals surface area contributed by atoms with Crippen LogP contribution >= 0.6 is 0 Å². The zero-order chi connectivity index (χ0) is 13.8. The topological polar surface area (TPSA) is 96.2 Å². The van der Waals surface area contributed by atoms with E-state index in [9.17, 15) is 4.79 Å². The minimum Gasteiger partial charge on any atom is -0.353 e. The van der Waals surface area contributed by atoms with Crippen LogP contribution in [0.25, 0.3) is 0 Å². The Morgan fingerprint density at radius 3 is 2.89 bits per heavy atom. The van der Waals surface area contributed by atoms with Crippen molar-refractivity contribution in [1.29, 1.82) is 0 Å². The van der Waals surface area contributed by atoms with Crippen molar-refractivity contribution in [2.45, 2.75) is 26.7 Å². The Morgan fingerprint density at radius 1 is 1.47 bits per heavy atom. The number of hydrogen-bond acceptors (Lipinski definition) is 6. The van der Waals surface area contributed by atoms with Crippen molar-refractivity contribution in [2.24, 2.45) is 5.84 Å². The lowest BCUT2D eigenvalue weighted by molar-refractivity contribution is -0.120. The summed E-state index contributed by atoms with van der Waals surface area (Å²) in [6.45, 7) is 5.70. The minimum absolute atomic E-state index is 0.0172. The molecule has 1 saturated heterocycles. The van der Waals surface area contributed by atoms with E-state index >= 15 is 0 Å². The average Bonchev–Trinajstić information content (AvgIpc) is 2.41. The Labute approximate surface area is 112 Å². The molecule has 0 atom stereocenters. The zero-order valence-corrected chi connectivity index (χ0v) is 11.4. The molecule has 1 aromatic heterocycles. The molecule has 2 rings (SSSR count). The fourth-order valence-corrected chi connectivity index (χ4v) is 2.15. The first-order valence-corrected chi connectivity index (χ1v) is 6.51. The molecule has 1 fully saturated rings. The lowest BCUT2D eigenvalue weighted by Gasteiger charge is -2.29. The van der Waals surface area contributed by atoms with Crippen LogP contribution in [0, 0.1) is 6.92 Å². The number of carbonyl (C=O) groups excluding carboxylic acids is 1. The molecule has 7 nitrogen and oxygen atoms in total. The molecule has 19 heavy (non-hydrogen) atoms. The average molecular weight is 264 g/mol. The first-order valence-electron chi connectivity index (χ1n) is 6.51. The van der Waals surface area contributed by atoms with Gasteiger partial charge in [-0.05, 0) is 13.3 Å². The molecule has 0 aromatic carbocycles. The van der Waals surface area contributed by atoms with Gasteiger partial charge < -0.3 is 15.6 Å². The number of carbonyl (C=O) groups is 1. The van der Waals surface area contributed by atoms with Crippen LogP contribution in [0.5, 0.6) is 0 Å². The van der Waals surface area contributed by atoms with Crippen molar-refractivity contribution in [3.05, 3.63) is 11.4 Å². The van der Waals surface area contributed by atoms with Crippen molar-refractivity contribution in [3.8, 4) is 0 Å². The second kappa shape index (κ2) is 5.83. The summed E-state index contributed by atoms with van der Waals surface area (Å²) in [4.78, 5) is 22.4. The molecule has 1 aromatic rings. The number of nitrogen functional groups attached to an aromatic ring is 1. The van der Waals surface area contributed by atoms with E-state index in [1.54, 1.807) is 0 Å². The van der Waals surface area contributed by atoms with Crippen LogP contribution in [-0.2, 0) is 11.2 Å². The molecule has 2 heterocycles. The highest BCUT2D eigenvalue weighted by Crippen LogP contribution is 2.23. The predicted octanol–water partition coefficient (Wildman–Crippen LogP) is -0.0407. The van der Waals surface area contributed by atoms with Crippen LogP contribution in [0.4, 0.5) is 11.6 Å². The number of aromatic nitrogens is 2. The van der Waals surface area contributed by atoms with Crippen molar-refractivity contribution in [2.75, 3.05) is 30.0 Å². The van der Waals surface area contributed by atoms with Crippen LogP contribution in [0.2, 0.25) is 0 Å². The van der Waals surface area contributed by atoms with Gasteiger partial charge in [0.15, 0.2) is 0 Å². The van der Waals surface area contributed by atoms with Gasteiger partial charge in [0.25, 0.3) is 0 Å². The van der Waals surface area contributed by atoms with Gasteiger partial charge in [0, 0.05) is 25.1 Å². The number of rotatable bonds is 4. The molecule has 1 amide bonds. The number of hydrazine groups is 1. The van der Waals surface area contributed by atoms with Crippen molar-refractivity contribution in [3.63, 3.8) is 0 Å². The molecule has 0 saturated carbocycles. The summed E-state index contributed by atoms with van der Waals surface area (Å²) in [6.07, 6.45) is 1.76. The van der Waals surface area contributed by atoms with Crippen LogP contribution in [0.15, 0.2) is 0 Å². The number of piperazine rings is 1. The van der Waals surface area contributed by atoms with Crippen molar-refractivity contribution < 1.29 is 4.79 Å². The number of hydrogen-bond donors (Lipinski definition) is 3. The summed E-state index contributed by atoms with van der Waals surface area (Å²) in [7, 11) is 0. The normalized spacial score (nSPS) is 15.3. The highest BCUT2D eigenvalue weighted by molar-refractivity contribution is 5.82. The maximum absolute atomic E-state index is 11.5. The molecule has 7 heteroatoms. The number of anilines is 2. The summed E-state index contributed by atoms with van der Waals surface area (Å²) in [5.74, 6) is 7.69. The number of aryl methyl sites for hydroxylation is 1. The molecule has 0 bridgehead atoms.